The third-order valence-corrected chi connectivity index (χ3v) is 8.55. The topological polar surface area (TPSA) is 106 Å². The molecule has 3 aromatic carbocycles. The van der Waals surface area contributed by atoms with Crippen LogP contribution < -0.4 is 15.4 Å². The van der Waals surface area contributed by atoms with E-state index in [1.807, 2.05) is 107 Å². The normalized spacial score (nSPS) is 15.3. The standard InChI is InChI=1S/C39H51N3O6/c1-28-23-34(46-22-20-31-17-12-21-42(26-31)38(45)48-39(3,4)5)24-33(29(28)2)25-40-36(43)35(19-18-30-13-8-6-9-14-30)41-37(44)47-27-32-15-10-7-11-16-32/h6-11,13-16,23-24,31,35H,12,17-22,25-27H2,1-5H3,(H,40,43)(H,41,44)/t31?,35-/m0/s1. The molecule has 0 bridgehead atoms. The Kier molecular flexibility index (Phi) is 13.3. The number of ether oxygens (including phenoxy) is 3. The van der Waals surface area contributed by atoms with Gasteiger partial charge in [-0.1, -0.05) is 60.7 Å². The van der Waals surface area contributed by atoms with E-state index in [4.69, 9.17) is 14.2 Å². The maximum atomic E-state index is 13.5. The summed E-state index contributed by atoms with van der Waals surface area (Å²) in [6, 6.07) is 22.5. The zero-order valence-corrected chi connectivity index (χ0v) is 29.1. The van der Waals surface area contributed by atoms with Crippen LogP contribution in [0.25, 0.3) is 0 Å². The number of nitrogens with zero attached hydrogens (tertiary/aromatic N) is 1. The van der Waals surface area contributed by atoms with Gasteiger partial charge in [-0.2, -0.15) is 0 Å². The van der Waals surface area contributed by atoms with Crippen LogP contribution in [-0.2, 0) is 33.8 Å². The van der Waals surface area contributed by atoms with Gasteiger partial charge in [0.1, 0.15) is 24.0 Å². The average Bonchev–Trinajstić information content (AvgIpc) is 3.06. The number of piperidine rings is 1. The van der Waals surface area contributed by atoms with Crippen molar-refractivity contribution in [2.75, 3.05) is 19.7 Å². The summed E-state index contributed by atoms with van der Waals surface area (Å²) in [6.07, 6.45) is 2.97. The maximum Gasteiger partial charge on any atom is 0.410 e. The van der Waals surface area contributed by atoms with Gasteiger partial charge < -0.3 is 29.7 Å². The van der Waals surface area contributed by atoms with E-state index in [9.17, 15) is 14.4 Å². The van der Waals surface area contributed by atoms with Crippen LogP contribution in [0, 0.1) is 19.8 Å². The highest BCUT2D eigenvalue weighted by Crippen LogP contribution is 2.25. The van der Waals surface area contributed by atoms with Crippen molar-refractivity contribution < 1.29 is 28.6 Å². The number of benzene rings is 3. The Hall–Kier alpha value is -4.53. The molecule has 1 aliphatic heterocycles. The number of rotatable bonds is 13. The Morgan fingerprint density at radius 3 is 2.33 bits per heavy atom. The zero-order valence-electron chi connectivity index (χ0n) is 29.1. The van der Waals surface area contributed by atoms with E-state index in [1.54, 1.807) is 4.90 Å². The number of aryl methyl sites for hydroxylation is 2. The highest BCUT2D eigenvalue weighted by molar-refractivity contribution is 5.85. The highest BCUT2D eigenvalue weighted by atomic mass is 16.6. The van der Waals surface area contributed by atoms with Gasteiger partial charge >= 0.3 is 12.2 Å². The molecule has 1 unspecified atom stereocenters. The summed E-state index contributed by atoms with van der Waals surface area (Å²) >= 11 is 0. The van der Waals surface area contributed by atoms with Gasteiger partial charge in [0.15, 0.2) is 0 Å². The van der Waals surface area contributed by atoms with E-state index in [2.05, 4.69) is 10.6 Å². The summed E-state index contributed by atoms with van der Waals surface area (Å²) < 4.78 is 17.2. The first-order chi connectivity index (χ1) is 23.0. The number of hydrogen-bond acceptors (Lipinski definition) is 6. The molecule has 1 saturated heterocycles. The quantitative estimate of drug-likeness (QED) is 0.200. The molecule has 1 fully saturated rings. The van der Waals surface area contributed by atoms with E-state index in [0.717, 1.165) is 59.4 Å². The smallest absolute Gasteiger partial charge is 0.410 e. The Bertz CT molecular complexity index is 1490. The zero-order chi connectivity index (χ0) is 34.5. The van der Waals surface area contributed by atoms with Crippen molar-refractivity contribution in [3.05, 3.63) is 101 Å². The van der Waals surface area contributed by atoms with Crippen molar-refractivity contribution in [2.45, 2.75) is 91.5 Å². The maximum absolute atomic E-state index is 13.5. The molecular weight excluding hydrogens is 606 g/mol. The van der Waals surface area contributed by atoms with Crippen LogP contribution in [0.4, 0.5) is 9.59 Å². The number of likely N-dealkylation sites (tertiary alicyclic amines) is 1. The lowest BCUT2D eigenvalue weighted by atomic mass is 9.95. The minimum atomic E-state index is -0.773. The first-order valence-corrected chi connectivity index (χ1v) is 17.0. The fraction of sp³-hybridized carbons (Fsp3) is 0.462. The molecule has 2 N–H and O–H groups in total. The molecule has 4 rings (SSSR count). The third kappa shape index (κ3) is 11.9. The first-order valence-electron chi connectivity index (χ1n) is 17.0. The summed E-state index contributed by atoms with van der Waals surface area (Å²) in [5, 5.41) is 5.82. The van der Waals surface area contributed by atoms with E-state index in [-0.39, 0.29) is 18.6 Å². The minimum absolute atomic E-state index is 0.119. The van der Waals surface area contributed by atoms with Gasteiger partial charge in [-0.25, -0.2) is 9.59 Å². The Morgan fingerprint density at radius 2 is 1.65 bits per heavy atom. The molecule has 9 heteroatoms. The van der Waals surface area contributed by atoms with Crippen molar-refractivity contribution in [1.29, 1.82) is 0 Å². The average molecular weight is 658 g/mol. The number of hydrogen-bond donors (Lipinski definition) is 2. The molecule has 1 aliphatic rings. The SMILES string of the molecule is Cc1cc(OCCC2CCCN(C(=O)OC(C)(C)C)C2)cc(CNC(=O)[C@H](CCc2ccccc2)NC(=O)OCc2ccccc2)c1C. The molecule has 3 amide bonds. The molecule has 0 spiro atoms. The van der Waals surface area contributed by atoms with Gasteiger partial charge in [-0.3, -0.25) is 4.79 Å². The van der Waals surface area contributed by atoms with Gasteiger partial charge in [0.2, 0.25) is 5.91 Å². The first kappa shape index (κ1) is 36.3. The molecule has 0 saturated carbocycles. The molecular formula is C39H51N3O6. The van der Waals surface area contributed by atoms with Crippen LogP contribution in [0.3, 0.4) is 0 Å². The summed E-state index contributed by atoms with van der Waals surface area (Å²) in [5.41, 5.74) is 4.51. The number of carbonyl (C=O) groups is 3. The van der Waals surface area contributed by atoms with Crippen LogP contribution in [0.1, 0.15) is 74.3 Å². The molecule has 0 radical (unpaired) electrons. The lowest BCUT2D eigenvalue weighted by molar-refractivity contribution is -0.123. The lowest BCUT2D eigenvalue weighted by Crippen LogP contribution is -2.47. The third-order valence-electron chi connectivity index (χ3n) is 8.55. The van der Waals surface area contributed by atoms with Crippen molar-refractivity contribution in [2.24, 2.45) is 5.92 Å². The van der Waals surface area contributed by atoms with Gasteiger partial charge in [0, 0.05) is 19.6 Å². The summed E-state index contributed by atoms with van der Waals surface area (Å²) in [6.45, 7) is 12.0. The predicted molar refractivity (Wildman–Crippen MR) is 187 cm³/mol. The van der Waals surface area contributed by atoms with Crippen molar-refractivity contribution in [1.82, 2.24) is 15.5 Å². The van der Waals surface area contributed by atoms with E-state index >= 15 is 0 Å². The Morgan fingerprint density at radius 1 is 0.958 bits per heavy atom. The van der Waals surface area contributed by atoms with Crippen LogP contribution in [0.2, 0.25) is 0 Å². The van der Waals surface area contributed by atoms with Gasteiger partial charge in [-0.15, -0.1) is 0 Å². The summed E-state index contributed by atoms with van der Waals surface area (Å²) in [7, 11) is 0. The number of alkyl carbamates (subject to hydrolysis) is 1. The molecule has 9 nitrogen and oxygen atoms in total. The van der Waals surface area contributed by atoms with Gasteiger partial charge in [-0.05, 0) is 113 Å². The van der Waals surface area contributed by atoms with Gasteiger partial charge in [0.05, 0.1) is 6.61 Å². The molecule has 2 atom stereocenters. The molecule has 0 aromatic heterocycles. The van der Waals surface area contributed by atoms with E-state index in [0.29, 0.717) is 38.5 Å². The summed E-state index contributed by atoms with van der Waals surface area (Å²) in [5.74, 6) is 0.805. The fourth-order valence-electron chi connectivity index (χ4n) is 5.74. The van der Waals surface area contributed by atoms with Crippen molar-refractivity contribution in [3.8, 4) is 5.75 Å². The fourth-order valence-corrected chi connectivity index (χ4v) is 5.74. The van der Waals surface area contributed by atoms with Crippen molar-refractivity contribution in [3.63, 3.8) is 0 Å². The molecule has 3 aromatic rings. The van der Waals surface area contributed by atoms with E-state index < -0.39 is 17.7 Å². The van der Waals surface area contributed by atoms with E-state index in [1.165, 1.54) is 0 Å². The Balaban J connectivity index is 1.32. The second-order valence-corrected chi connectivity index (χ2v) is 13.6. The molecule has 0 aliphatic carbocycles. The highest BCUT2D eigenvalue weighted by Gasteiger charge is 2.28. The summed E-state index contributed by atoms with van der Waals surface area (Å²) in [4.78, 5) is 40.6. The number of nitrogens with one attached hydrogen (secondary N) is 2. The van der Waals surface area contributed by atoms with Gasteiger partial charge in [0.25, 0.3) is 0 Å². The predicted octanol–water partition coefficient (Wildman–Crippen LogP) is 7.26. The van der Waals surface area contributed by atoms with Crippen LogP contribution >= 0.6 is 0 Å². The second kappa shape index (κ2) is 17.6. The Labute approximate surface area is 285 Å². The minimum Gasteiger partial charge on any atom is -0.494 e. The second-order valence-electron chi connectivity index (χ2n) is 13.6. The molecule has 48 heavy (non-hydrogen) atoms. The van der Waals surface area contributed by atoms with Crippen LogP contribution in [-0.4, -0.2) is 54.3 Å². The number of amides is 3. The molecule has 258 valence electrons. The van der Waals surface area contributed by atoms with Crippen LogP contribution in [0.5, 0.6) is 5.75 Å². The van der Waals surface area contributed by atoms with Crippen LogP contribution in [0.15, 0.2) is 72.8 Å². The molecule has 1 heterocycles. The lowest BCUT2D eigenvalue weighted by Gasteiger charge is -2.34. The largest absolute Gasteiger partial charge is 0.494 e. The van der Waals surface area contributed by atoms with Crippen molar-refractivity contribution >= 4 is 18.1 Å². The number of carbonyl (C=O) groups excluding carboxylic acids is 3. The monoisotopic (exact) mass is 657 g/mol.